The molecule has 2 aromatic rings. The largest absolute Gasteiger partial charge is 0.456 e. The molecule has 1 unspecified atom stereocenters. The molecule has 0 aliphatic carbocycles. The highest BCUT2D eigenvalue weighted by atomic mass is 79.9. The Kier molecular flexibility index (Phi) is 4.27. The van der Waals surface area contributed by atoms with Gasteiger partial charge in [0.1, 0.15) is 11.5 Å². The maximum absolute atomic E-state index is 5.88. The summed E-state index contributed by atoms with van der Waals surface area (Å²) in [6.07, 6.45) is 0. The van der Waals surface area contributed by atoms with Gasteiger partial charge in [-0.1, -0.05) is 23.7 Å². The second kappa shape index (κ2) is 5.74. The van der Waals surface area contributed by atoms with E-state index in [1.807, 2.05) is 37.3 Å². The van der Waals surface area contributed by atoms with E-state index in [2.05, 4.69) is 15.9 Å². The second-order valence-corrected chi connectivity index (χ2v) is 5.33. The topological polar surface area (TPSA) is 35.2 Å². The molecule has 1 atom stereocenters. The number of halogens is 2. The molecule has 2 aromatic carbocycles. The van der Waals surface area contributed by atoms with E-state index < -0.39 is 0 Å². The number of ether oxygens (including phenoxy) is 1. The van der Waals surface area contributed by atoms with Crippen LogP contribution in [0.5, 0.6) is 11.5 Å². The van der Waals surface area contributed by atoms with Gasteiger partial charge in [-0.25, -0.2) is 0 Å². The minimum atomic E-state index is -0.0118. The van der Waals surface area contributed by atoms with Crippen molar-refractivity contribution in [2.45, 2.75) is 13.0 Å². The summed E-state index contributed by atoms with van der Waals surface area (Å²) in [4.78, 5) is 0. The first kappa shape index (κ1) is 13.4. The third-order valence-electron chi connectivity index (χ3n) is 2.51. The third-order valence-corrected chi connectivity index (χ3v) is 3.36. The van der Waals surface area contributed by atoms with Gasteiger partial charge in [0.25, 0.3) is 0 Å². The minimum Gasteiger partial charge on any atom is -0.456 e. The molecule has 0 aliphatic heterocycles. The van der Waals surface area contributed by atoms with Crippen LogP contribution in [0.2, 0.25) is 5.02 Å². The first-order chi connectivity index (χ1) is 8.56. The van der Waals surface area contributed by atoms with Crippen LogP contribution in [0.25, 0.3) is 0 Å². The van der Waals surface area contributed by atoms with Gasteiger partial charge in [0, 0.05) is 11.1 Å². The Hall–Kier alpha value is -1.03. The maximum Gasteiger partial charge on any atom is 0.141 e. The van der Waals surface area contributed by atoms with Crippen LogP contribution in [0.15, 0.2) is 46.9 Å². The van der Waals surface area contributed by atoms with Gasteiger partial charge in [0.2, 0.25) is 0 Å². The van der Waals surface area contributed by atoms with Crippen LogP contribution in [0.3, 0.4) is 0 Å². The van der Waals surface area contributed by atoms with E-state index in [1.165, 1.54) is 0 Å². The summed E-state index contributed by atoms with van der Waals surface area (Å²) in [6.45, 7) is 1.94. The molecule has 0 amide bonds. The Balaban J connectivity index is 2.25. The second-order valence-electron chi connectivity index (χ2n) is 4.04. The van der Waals surface area contributed by atoms with E-state index in [1.54, 1.807) is 12.1 Å². The minimum absolute atomic E-state index is 0.0118. The summed E-state index contributed by atoms with van der Waals surface area (Å²) >= 11 is 9.30. The van der Waals surface area contributed by atoms with Crippen molar-refractivity contribution in [1.82, 2.24) is 0 Å². The van der Waals surface area contributed by atoms with Crippen molar-refractivity contribution in [1.29, 1.82) is 0 Å². The van der Waals surface area contributed by atoms with E-state index >= 15 is 0 Å². The molecule has 0 aliphatic rings. The van der Waals surface area contributed by atoms with Crippen molar-refractivity contribution < 1.29 is 4.74 Å². The molecule has 0 saturated heterocycles. The molecule has 0 bridgehead atoms. The molecule has 2 rings (SSSR count). The molecule has 94 valence electrons. The fourth-order valence-corrected chi connectivity index (χ4v) is 2.31. The van der Waals surface area contributed by atoms with Gasteiger partial charge >= 0.3 is 0 Å². The van der Waals surface area contributed by atoms with Gasteiger partial charge in [-0.05, 0) is 58.7 Å². The number of benzene rings is 2. The van der Waals surface area contributed by atoms with E-state index in [0.717, 1.165) is 21.5 Å². The van der Waals surface area contributed by atoms with Crippen molar-refractivity contribution in [2.24, 2.45) is 5.73 Å². The van der Waals surface area contributed by atoms with Gasteiger partial charge in [0.05, 0.1) is 4.47 Å². The molecule has 0 saturated carbocycles. The van der Waals surface area contributed by atoms with Gasteiger partial charge in [-0.2, -0.15) is 0 Å². The number of nitrogens with two attached hydrogens (primary N) is 1. The Labute approximate surface area is 120 Å². The highest BCUT2D eigenvalue weighted by Gasteiger charge is 2.05. The molecule has 4 heteroatoms. The lowest BCUT2D eigenvalue weighted by Gasteiger charge is -2.11. The average molecular weight is 327 g/mol. The van der Waals surface area contributed by atoms with Crippen molar-refractivity contribution >= 4 is 27.5 Å². The van der Waals surface area contributed by atoms with Crippen LogP contribution in [0.4, 0.5) is 0 Å². The Morgan fingerprint density at radius 1 is 1.22 bits per heavy atom. The Morgan fingerprint density at radius 3 is 2.67 bits per heavy atom. The molecular weight excluding hydrogens is 314 g/mol. The molecule has 0 heterocycles. The number of hydrogen-bond donors (Lipinski definition) is 1. The van der Waals surface area contributed by atoms with Gasteiger partial charge in [-0.3, -0.25) is 0 Å². The fourth-order valence-electron chi connectivity index (χ4n) is 1.55. The Morgan fingerprint density at radius 2 is 2.00 bits per heavy atom. The average Bonchev–Trinajstić information content (AvgIpc) is 2.33. The summed E-state index contributed by atoms with van der Waals surface area (Å²) in [6, 6.07) is 13.1. The quantitative estimate of drug-likeness (QED) is 0.869. The summed E-state index contributed by atoms with van der Waals surface area (Å²) in [5.41, 5.74) is 6.88. The van der Waals surface area contributed by atoms with Crippen molar-refractivity contribution in [3.8, 4) is 11.5 Å². The van der Waals surface area contributed by atoms with Crippen LogP contribution in [-0.2, 0) is 0 Å². The van der Waals surface area contributed by atoms with E-state index in [4.69, 9.17) is 22.1 Å². The van der Waals surface area contributed by atoms with Crippen molar-refractivity contribution in [2.75, 3.05) is 0 Å². The highest BCUT2D eigenvalue weighted by Crippen LogP contribution is 2.32. The van der Waals surface area contributed by atoms with E-state index in [0.29, 0.717) is 5.02 Å². The lowest BCUT2D eigenvalue weighted by Crippen LogP contribution is -2.04. The number of rotatable bonds is 3. The van der Waals surface area contributed by atoms with Crippen molar-refractivity contribution in [3.63, 3.8) is 0 Å². The van der Waals surface area contributed by atoms with Crippen LogP contribution in [0.1, 0.15) is 18.5 Å². The SMILES string of the molecule is CC(N)c1cccc(Oc2ccc(Cl)cc2Br)c1. The fraction of sp³-hybridized carbons (Fsp3) is 0.143. The highest BCUT2D eigenvalue weighted by molar-refractivity contribution is 9.10. The van der Waals surface area contributed by atoms with Crippen LogP contribution < -0.4 is 10.5 Å². The molecule has 0 aromatic heterocycles. The monoisotopic (exact) mass is 325 g/mol. The molecule has 0 spiro atoms. The normalized spacial score (nSPS) is 12.2. The predicted molar refractivity (Wildman–Crippen MR) is 78.3 cm³/mol. The molecular formula is C14H13BrClNO. The molecule has 2 nitrogen and oxygen atoms in total. The number of hydrogen-bond acceptors (Lipinski definition) is 2. The van der Waals surface area contributed by atoms with Crippen LogP contribution >= 0.6 is 27.5 Å². The molecule has 0 radical (unpaired) electrons. The zero-order valence-electron chi connectivity index (χ0n) is 9.86. The summed E-state index contributed by atoms with van der Waals surface area (Å²) in [5, 5.41) is 0.665. The summed E-state index contributed by atoms with van der Waals surface area (Å²) < 4.78 is 6.61. The van der Waals surface area contributed by atoms with Crippen LogP contribution in [-0.4, -0.2) is 0 Å². The van der Waals surface area contributed by atoms with E-state index in [9.17, 15) is 0 Å². The standard InChI is InChI=1S/C14H13BrClNO/c1-9(17)10-3-2-4-12(7-10)18-14-6-5-11(16)8-13(14)15/h2-9H,17H2,1H3. The maximum atomic E-state index is 5.88. The molecule has 0 fully saturated rings. The smallest absolute Gasteiger partial charge is 0.141 e. The molecule has 18 heavy (non-hydrogen) atoms. The van der Waals surface area contributed by atoms with Gasteiger partial charge in [0.15, 0.2) is 0 Å². The zero-order valence-corrected chi connectivity index (χ0v) is 12.2. The summed E-state index contributed by atoms with van der Waals surface area (Å²) in [5.74, 6) is 1.48. The zero-order chi connectivity index (χ0) is 13.1. The van der Waals surface area contributed by atoms with Gasteiger partial charge in [-0.15, -0.1) is 0 Å². The van der Waals surface area contributed by atoms with E-state index in [-0.39, 0.29) is 6.04 Å². The molecule has 2 N–H and O–H groups in total. The Bertz CT molecular complexity index is 557. The lowest BCUT2D eigenvalue weighted by atomic mass is 10.1. The summed E-state index contributed by atoms with van der Waals surface area (Å²) in [7, 11) is 0. The van der Waals surface area contributed by atoms with Crippen LogP contribution in [0, 0.1) is 0 Å². The first-order valence-electron chi connectivity index (χ1n) is 5.54. The predicted octanol–water partition coefficient (Wildman–Crippen LogP) is 4.91. The lowest BCUT2D eigenvalue weighted by molar-refractivity contribution is 0.478. The van der Waals surface area contributed by atoms with Crippen molar-refractivity contribution in [3.05, 3.63) is 57.5 Å². The third kappa shape index (κ3) is 3.25. The first-order valence-corrected chi connectivity index (χ1v) is 6.72. The van der Waals surface area contributed by atoms with Gasteiger partial charge < -0.3 is 10.5 Å².